The number of nitrogens with one attached hydrogen (secondary N) is 1. The molecular weight excluding hydrogens is 519 g/mol. The molecule has 9 heteroatoms. The lowest BCUT2D eigenvalue weighted by Gasteiger charge is -2.21. The topological polar surface area (TPSA) is 55.4 Å². The van der Waals surface area contributed by atoms with Gasteiger partial charge in [-0.2, -0.15) is 13.2 Å². The van der Waals surface area contributed by atoms with Crippen molar-refractivity contribution in [3.8, 4) is 11.1 Å². The van der Waals surface area contributed by atoms with Crippen molar-refractivity contribution >= 4 is 35.0 Å². The van der Waals surface area contributed by atoms with Crippen LogP contribution in [0, 0.1) is 19.8 Å². The van der Waals surface area contributed by atoms with E-state index < -0.39 is 11.7 Å². The molecule has 1 N–H and O–H groups in total. The molecule has 0 radical (unpaired) electrons. The summed E-state index contributed by atoms with van der Waals surface area (Å²) in [5.74, 6) is -0.312. The van der Waals surface area contributed by atoms with E-state index in [1.807, 2.05) is 19.9 Å². The van der Waals surface area contributed by atoms with Gasteiger partial charge in [0.2, 0.25) is 0 Å². The smallest absolute Gasteiger partial charge is 0.416 e. The Labute approximate surface area is 223 Å². The third-order valence-electron chi connectivity index (χ3n) is 5.85. The molecule has 198 valence electrons. The van der Waals surface area contributed by atoms with Crippen molar-refractivity contribution in [3.63, 3.8) is 0 Å². The summed E-state index contributed by atoms with van der Waals surface area (Å²) in [6.07, 6.45) is -4.24. The molecule has 4 nitrogen and oxygen atoms in total. The minimum Gasteiger partial charge on any atom is -0.469 e. The molecule has 0 aliphatic rings. The average molecular weight is 550 g/mol. The van der Waals surface area contributed by atoms with Gasteiger partial charge in [0.15, 0.2) is 0 Å². The first-order valence-corrected chi connectivity index (χ1v) is 13.5. The molecule has 1 aromatic heterocycles. The van der Waals surface area contributed by atoms with Crippen molar-refractivity contribution in [2.24, 2.45) is 5.92 Å². The maximum absolute atomic E-state index is 13.0. The van der Waals surface area contributed by atoms with Crippen LogP contribution >= 0.6 is 23.1 Å². The normalized spacial score (nSPS) is 12.5. The molecule has 1 amide bonds. The first-order chi connectivity index (χ1) is 17.4. The molecule has 0 bridgehead atoms. The number of methoxy groups -OCH3 is 1. The highest BCUT2D eigenvalue weighted by Gasteiger charge is 2.30. The van der Waals surface area contributed by atoms with Crippen LogP contribution in [0.4, 0.5) is 13.2 Å². The van der Waals surface area contributed by atoms with Gasteiger partial charge in [0.25, 0.3) is 5.91 Å². The molecule has 37 heavy (non-hydrogen) atoms. The predicted molar refractivity (Wildman–Crippen MR) is 143 cm³/mol. The molecule has 0 fully saturated rings. The molecule has 0 saturated carbocycles. The zero-order chi connectivity index (χ0) is 27.3. The average Bonchev–Trinajstić information content (AvgIpc) is 3.31. The lowest BCUT2D eigenvalue weighted by atomic mass is 9.95. The molecule has 3 aromatic rings. The molecule has 0 aliphatic heterocycles. The summed E-state index contributed by atoms with van der Waals surface area (Å²) in [5.41, 5.74) is 3.00. The molecule has 0 spiro atoms. The van der Waals surface area contributed by atoms with Crippen LogP contribution in [-0.4, -0.2) is 25.5 Å². The second-order valence-corrected chi connectivity index (χ2v) is 11.4. The zero-order valence-corrected chi connectivity index (χ0v) is 23.0. The second kappa shape index (κ2) is 12.2. The molecule has 0 saturated heterocycles. The predicted octanol–water partition coefficient (Wildman–Crippen LogP) is 7.83. The number of rotatable bonds is 9. The summed E-state index contributed by atoms with van der Waals surface area (Å²) < 4.78 is 43.5. The van der Waals surface area contributed by atoms with E-state index in [-0.39, 0.29) is 36.0 Å². The van der Waals surface area contributed by atoms with Crippen LogP contribution in [0.2, 0.25) is 0 Å². The van der Waals surface area contributed by atoms with Crippen LogP contribution in [0.25, 0.3) is 11.1 Å². The van der Waals surface area contributed by atoms with Crippen molar-refractivity contribution in [3.05, 3.63) is 75.0 Å². The Hall–Kier alpha value is -2.78. The number of ether oxygens (including phenoxy) is 1. The van der Waals surface area contributed by atoms with Gasteiger partial charge in [0.1, 0.15) is 0 Å². The number of esters is 1. The zero-order valence-electron chi connectivity index (χ0n) is 21.4. The van der Waals surface area contributed by atoms with Crippen molar-refractivity contribution in [2.75, 3.05) is 13.7 Å². The van der Waals surface area contributed by atoms with Crippen molar-refractivity contribution in [1.82, 2.24) is 5.32 Å². The largest absolute Gasteiger partial charge is 0.469 e. The highest BCUT2D eigenvalue weighted by Crippen LogP contribution is 2.45. The van der Waals surface area contributed by atoms with Gasteiger partial charge in [-0.05, 0) is 78.4 Å². The van der Waals surface area contributed by atoms with E-state index in [4.69, 9.17) is 0 Å². The van der Waals surface area contributed by atoms with E-state index in [2.05, 4.69) is 36.0 Å². The number of hydrogen-bond donors (Lipinski definition) is 1. The lowest BCUT2D eigenvalue weighted by Crippen LogP contribution is -2.25. The Balaban J connectivity index is 1.77. The van der Waals surface area contributed by atoms with Gasteiger partial charge in [-0.1, -0.05) is 26.0 Å². The number of carbonyl (C=O) groups is 2. The van der Waals surface area contributed by atoms with Crippen LogP contribution in [-0.2, 0) is 15.7 Å². The monoisotopic (exact) mass is 549 g/mol. The van der Waals surface area contributed by atoms with Crippen LogP contribution in [0.15, 0.2) is 53.4 Å². The fraction of sp³-hybridized carbons (Fsp3) is 0.357. The van der Waals surface area contributed by atoms with E-state index in [9.17, 15) is 22.8 Å². The minimum absolute atomic E-state index is 0.109. The van der Waals surface area contributed by atoms with Crippen LogP contribution in [0.1, 0.15) is 56.8 Å². The Morgan fingerprint density at radius 2 is 1.65 bits per heavy atom. The van der Waals surface area contributed by atoms with E-state index in [1.165, 1.54) is 30.6 Å². The summed E-state index contributed by atoms with van der Waals surface area (Å²) in [5, 5.41) is 2.85. The van der Waals surface area contributed by atoms with Gasteiger partial charge >= 0.3 is 12.1 Å². The summed E-state index contributed by atoms with van der Waals surface area (Å²) >= 11 is 3.14. The molecule has 1 heterocycles. The van der Waals surface area contributed by atoms with Gasteiger partial charge in [-0.15, -0.1) is 23.1 Å². The standard InChI is InChI=1S/C28H30F3NO3S2/c1-16(2)26(22-10-11-23(37-22)27(34)32-13-12-24(33)35-5)36-21-14-17(3)25(18(4)15-21)19-6-8-20(9-7-19)28(29,30)31/h6-11,14-16,26H,12-13H2,1-5H3,(H,32,34). The molecule has 0 aliphatic carbocycles. The minimum atomic E-state index is -4.36. The Morgan fingerprint density at radius 3 is 2.19 bits per heavy atom. The number of alkyl halides is 3. The molecular formula is C28H30F3NO3S2. The van der Waals surface area contributed by atoms with Crippen molar-refractivity contribution in [1.29, 1.82) is 0 Å². The van der Waals surface area contributed by atoms with Gasteiger partial charge in [0, 0.05) is 21.6 Å². The Morgan fingerprint density at radius 1 is 1.03 bits per heavy atom. The Bertz CT molecular complexity index is 1230. The SMILES string of the molecule is COC(=O)CCNC(=O)c1ccc(C(Sc2cc(C)c(-c3ccc(C(F)(F)F)cc3)c(C)c2)C(C)C)s1. The van der Waals surface area contributed by atoms with E-state index in [1.54, 1.807) is 17.8 Å². The number of benzene rings is 2. The molecule has 1 unspecified atom stereocenters. The number of amides is 1. The molecule has 1 atom stereocenters. The second-order valence-electron chi connectivity index (χ2n) is 9.07. The number of halogens is 3. The van der Waals surface area contributed by atoms with E-state index >= 15 is 0 Å². The highest BCUT2D eigenvalue weighted by molar-refractivity contribution is 7.99. The van der Waals surface area contributed by atoms with Gasteiger partial charge in [-0.3, -0.25) is 9.59 Å². The number of hydrogen-bond acceptors (Lipinski definition) is 5. The summed E-state index contributed by atoms with van der Waals surface area (Å²) in [6, 6.07) is 13.2. The maximum atomic E-state index is 13.0. The third-order valence-corrected chi connectivity index (χ3v) is 8.73. The quantitative estimate of drug-likeness (QED) is 0.218. The van der Waals surface area contributed by atoms with E-state index in [0.29, 0.717) is 4.88 Å². The highest BCUT2D eigenvalue weighted by atomic mass is 32.2. The van der Waals surface area contributed by atoms with Gasteiger partial charge in [0.05, 0.1) is 24.0 Å². The van der Waals surface area contributed by atoms with Crippen molar-refractivity contribution < 1.29 is 27.5 Å². The lowest BCUT2D eigenvalue weighted by molar-refractivity contribution is -0.140. The molecule has 3 rings (SSSR count). The maximum Gasteiger partial charge on any atom is 0.416 e. The number of carbonyl (C=O) groups excluding carboxylic acids is 2. The van der Waals surface area contributed by atoms with Crippen LogP contribution in [0.5, 0.6) is 0 Å². The summed E-state index contributed by atoms with van der Waals surface area (Å²) in [6.45, 7) is 8.41. The number of thiophene rings is 1. The van der Waals surface area contributed by atoms with Crippen LogP contribution in [0.3, 0.4) is 0 Å². The van der Waals surface area contributed by atoms with E-state index in [0.717, 1.165) is 44.2 Å². The first kappa shape index (κ1) is 28.8. The third kappa shape index (κ3) is 7.38. The molecule has 2 aromatic carbocycles. The first-order valence-electron chi connectivity index (χ1n) is 11.8. The summed E-state index contributed by atoms with van der Waals surface area (Å²) in [4.78, 5) is 26.5. The van der Waals surface area contributed by atoms with Gasteiger partial charge in [-0.25, -0.2) is 0 Å². The number of thioether (sulfide) groups is 1. The van der Waals surface area contributed by atoms with Gasteiger partial charge < -0.3 is 10.1 Å². The summed E-state index contributed by atoms with van der Waals surface area (Å²) in [7, 11) is 1.31. The Kier molecular flexibility index (Phi) is 9.47. The fourth-order valence-corrected chi connectivity index (χ4v) is 6.66. The van der Waals surface area contributed by atoms with Crippen LogP contribution < -0.4 is 5.32 Å². The fourth-order valence-electron chi connectivity index (χ4n) is 4.04. The number of aryl methyl sites for hydroxylation is 2. The van der Waals surface area contributed by atoms with Crippen molar-refractivity contribution in [2.45, 2.75) is 50.4 Å².